The van der Waals surface area contributed by atoms with Gasteiger partial charge in [0, 0.05) is 6.61 Å². The van der Waals surface area contributed by atoms with Gasteiger partial charge in [-0.2, -0.15) is 0 Å². The van der Waals surface area contributed by atoms with Crippen LogP contribution in [0.15, 0.2) is 54.3 Å². The van der Waals surface area contributed by atoms with E-state index in [9.17, 15) is 14.4 Å². The number of aliphatic hydroxyl groups is 1. The number of carbonyl (C=O) groups is 3. The Morgan fingerprint density at radius 3 is 2.62 bits per heavy atom. The highest BCUT2D eigenvalue weighted by Gasteiger charge is 2.47. The van der Waals surface area contributed by atoms with Gasteiger partial charge in [-0.1, -0.05) is 30.3 Å². The number of allylic oxidation sites excluding steroid dienone is 2. The van der Waals surface area contributed by atoms with Crippen molar-refractivity contribution in [2.75, 3.05) is 6.61 Å². The molecule has 2 heterocycles. The molecule has 0 bridgehead atoms. The average Bonchev–Trinajstić information content (AvgIpc) is 3.03. The molecule has 0 aliphatic carbocycles. The van der Waals surface area contributed by atoms with Crippen LogP contribution in [0, 0.1) is 5.92 Å². The Kier molecular flexibility index (Phi) is 6.49. The molecule has 2 aliphatic heterocycles. The maximum atomic E-state index is 13.1. The molecule has 0 radical (unpaired) electrons. The smallest absolute Gasteiger partial charge is 0.417 e. The Hall–Kier alpha value is -2.93. The highest BCUT2D eigenvalue weighted by Crippen LogP contribution is 2.34. The topological polar surface area (TPSA) is 93.1 Å². The second-order valence-corrected chi connectivity index (χ2v) is 7.20. The van der Waals surface area contributed by atoms with E-state index in [1.54, 1.807) is 26.0 Å². The van der Waals surface area contributed by atoms with Gasteiger partial charge in [0.05, 0.1) is 12.0 Å². The SMILES string of the molecule is CC(C(=O)N1C(=O)OC(c2ccccc2)C1C)C1OC(=CCCCO)C=CC1=O. The van der Waals surface area contributed by atoms with Crippen LogP contribution < -0.4 is 0 Å². The summed E-state index contributed by atoms with van der Waals surface area (Å²) in [5, 5.41) is 8.89. The van der Waals surface area contributed by atoms with Gasteiger partial charge in [-0.3, -0.25) is 9.59 Å². The number of imide groups is 1. The van der Waals surface area contributed by atoms with Gasteiger partial charge in [0.1, 0.15) is 11.9 Å². The van der Waals surface area contributed by atoms with E-state index in [1.165, 1.54) is 6.08 Å². The summed E-state index contributed by atoms with van der Waals surface area (Å²) in [6.45, 7) is 3.38. The molecule has 1 aromatic carbocycles. The van der Waals surface area contributed by atoms with E-state index in [0.29, 0.717) is 18.6 Å². The van der Waals surface area contributed by atoms with E-state index < -0.39 is 36.2 Å². The Morgan fingerprint density at radius 1 is 1.21 bits per heavy atom. The monoisotopic (exact) mass is 399 g/mol. The fourth-order valence-corrected chi connectivity index (χ4v) is 3.50. The summed E-state index contributed by atoms with van der Waals surface area (Å²) < 4.78 is 11.1. The van der Waals surface area contributed by atoms with Gasteiger partial charge in [0.25, 0.3) is 0 Å². The van der Waals surface area contributed by atoms with Crippen molar-refractivity contribution in [2.45, 2.75) is 44.9 Å². The molecule has 154 valence electrons. The van der Waals surface area contributed by atoms with E-state index in [-0.39, 0.29) is 12.4 Å². The standard InChI is InChI=1S/C22H25NO6/c1-14(19-18(25)12-11-17(28-19)10-6-7-13-24)21(26)23-15(2)20(29-22(23)27)16-8-4-3-5-9-16/h3-5,8-12,14-15,19-20,24H,6-7,13H2,1-2H3. The lowest BCUT2D eigenvalue weighted by Crippen LogP contribution is -2.47. The van der Waals surface area contributed by atoms with E-state index in [2.05, 4.69) is 0 Å². The Bertz CT molecular complexity index is 831. The van der Waals surface area contributed by atoms with Crippen molar-refractivity contribution in [3.05, 3.63) is 59.9 Å². The predicted octanol–water partition coefficient (Wildman–Crippen LogP) is 2.91. The first-order chi connectivity index (χ1) is 13.9. The Morgan fingerprint density at radius 2 is 1.93 bits per heavy atom. The zero-order valence-electron chi connectivity index (χ0n) is 16.5. The lowest BCUT2D eigenvalue weighted by atomic mass is 9.95. The summed E-state index contributed by atoms with van der Waals surface area (Å²) >= 11 is 0. The molecule has 1 aromatic rings. The Labute approximate surface area is 169 Å². The second kappa shape index (κ2) is 9.05. The van der Waals surface area contributed by atoms with Crippen LogP contribution in [0.2, 0.25) is 0 Å². The number of unbranched alkanes of at least 4 members (excludes halogenated alkanes) is 1. The molecule has 0 saturated carbocycles. The van der Waals surface area contributed by atoms with Gasteiger partial charge < -0.3 is 14.6 Å². The van der Waals surface area contributed by atoms with E-state index in [1.807, 2.05) is 30.3 Å². The maximum Gasteiger partial charge on any atom is 0.417 e. The van der Waals surface area contributed by atoms with Gasteiger partial charge in [-0.05, 0) is 50.5 Å². The summed E-state index contributed by atoms with van der Waals surface area (Å²) in [6.07, 6.45) is 3.56. The van der Waals surface area contributed by atoms with Gasteiger partial charge >= 0.3 is 6.09 Å². The summed E-state index contributed by atoms with van der Waals surface area (Å²) in [6, 6.07) is 8.72. The van der Waals surface area contributed by atoms with Gasteiger partial charge in [0.15, 0.2) is 11.9 Å². The Balaban J connectivity index is 1.74. The van der Waals surface area contributed by atoms with Crippen LogP contribution in [0.3, 0.4) is 0 Å². The summed E-state index contributed by atoms with van der Waals surface area (Å²) in [4.78, 5) is 38.9. The van der Waals surface area contributed by atoms with Gasteiger partial charge in [-0.15, -0.1) is 0 Å². The van der Waals surface area contributed by atoms with Crippen molar-refractivity contribution in [1.29, 1.82) is 0 Å². The van der Waals surface area contributed by atoms with Crippen molar-refractivity contribution < 1.29 is 29.0 Å². The van der Waals surface area contributed by atoms with E-state index in [0.717, 1.165) is 10.5 Å². The van der Waals surface area contributed by atoms with Crippen molar-refractivity contribution in [3.63, 3.8) is 0 Å². The first kappa shape index (κ1) is 20.8. The first-order valence-corrected chi connectivity index (χ1v) is 9.72. The van der Waals surface area contributed by atoms with Crippen LogP contribution in [0.5, 0.6) is 0 Å². The number of carbonyl (C=O) groups excluding carboxylic acids is 3. The third-order valence-electron chi connectivity index (χ3n) is 5.14. The molecule has 2 aliphatic rings. The highest BCUT2D eigenvalue weighted by atomic mass is 16.6. The third-order valence-corrected chi connectivity index (χ3v) is 5.14. The van der Waals surface area contributed by atoms with Gasteiger partial charge in [0.2, 0.25) is 5.91 Å². The molecular weight excluding hydrogens is 374 g/mol. The number of hydrogen-bond acceptors (Lipinski definition) is 6. The predicted molar refractivity (Wildman–Crippen MR) is 105 cm³/mol. The van der Waals surface area contributed by atoms with Crippen LogP contribution in [0.25, 0.3) is 0 Å². The summed E-state index contributed by atoms with van der Waals surface area (Å²) in [5.41, 5.74) is 0.804. The average molecular weight is 399 g/mol. The van der Waals surface area contributed by atoms with Crippen LogP contribution >= 0.6 is 0 Å². The minimum atomic E-state index is -1.01. The van der Waals surface area contributed by atoms with Gasteiger partial charge in [-0.25, -0.2) is 9.69 Å². The quantitative estimate of drug-likeness (QED) is 0.740. The fraction of sp³-hybridized carbons (Fsp3) is 0.409. The van der Waals surface area contributed by atoms with Crippen molar-refractivity contribution >= 4 is 17.8 Å². The zero-order valence-corrected chi connectivity index (χ0v) is 16.5. The first-order valence-electron chi connectivity index (χ1n) is 9.72. The maximum absolute atomic E-state index is 13.1. The molecule has 0 spiro atoms. The fourth-order valence-electron chi connectivity index (χ4n) is 3.50. The van der Waals surface area contributed by atoms with E-state index >= 15 is 0 Å². The van der Waals surface area contributed by atoms with Crippen LogP contribution in [-0.2, 0) is 19.1 Å². The number of aliphatic hydroxyl groups excluding tert-OH is 1. The zero-order chi connectivity index (χ0) is 21.0. The van der Waals surface area contributed by atoms with Crippen molar-refractivity contribution in [2.24, 2.45) is 5.92 Å². The molecule has 2 amide bonds. The number of rotatable bonds is 6. The number of nitrogens with zero attached hydrogens (tertiary/aromatic N) is 1. The molecular formula is C22H25NO6. The van der Waals surface area contributed by atoms with Crippen LogP contribution in [0.1, 0.15) is 38.4 Å². The molecule has 1 saturated heterocycles. The lowest BCUT2D eigenvalue weighted by Gasteiger charge is -2.28. The normalized spacial score (nSPS) is 26.4. The number of hydrogen-bond donors (Lipinski definition) is 1. The number of ether oxygens (including phenoxy) is 2. The number of ketones is 1. The molecule has 29 heavy (non-hydrogen) atoms. The molecule has 7 nitrogen and oxygen atoms in total. The third kappa shape index (κ3) is 4.40. The van der Waals surface area contributed by atoms with Crippen molar-refractivity contribution in [3.8, 4) is 0 Å². The minimum absolute atomic E-state index is 0.0578. The summed E-state index contributed by atoms with van der Waals surface area (Å²) in [7, 11) is 0. The molecule has 7 heteroatoms. The van der Waals surface area contributed by atoms with Crippen LogP contribution in [0.4, 0.5) is 4.79 Å². The number of cyclic esters (lactones) is 1. The lowest BCUT2D eigenvalue weighted by molar-refractivity contribution is -0.142. The minimum Gasteiger partial charge on any atom is -0.482 e. The van der Waals surface area contributed by atoms with E-state index in [4.69, 9.17) is 14.6 Å². The molecule has 3 rings (SSSR count). The van der Waals surface area contributed by atoms with Crippen molar-refractivity contribution in [1.82, 2.24) is 4.90 Å². The van der Waals surface area contributed by atoms with Crippen LogP contribution in [-0.4, -0.2) is 46.5 Å². The molecule has 4 unspecified atom stereocenters. The second-order valence-electron chi connectivity index (χ2n) is 7.20. The highest BCUT2D eigenvalue weighted by molar-refractivity contribution is 6.01. The number of benzene rings is 1. The summed E-state index contributed by atoms with van der Waals surface area (Å²) in [5.74, 6) is -1.23. The molecule has 1 fully saturated rings. The largest absolute Gasteiger partial charge is 0.482 e. The molecule has 1 N–H and O–H groups in total. The number of amides is 2. The molecule has 4 atom stereocenters. The molecule has 0 aromatic heterocycles.